The van der Waals surface area contributed by atoms with Gasteiger partial charge in [0.05, 0.1) is 41.0 Å². The zero-order valence-corrected chi connectivity index (χ0v) is 15.8. The molecule has 1 unspecified atom stereocenters. The number of aromatic nitrogens is 4. The molecule has 7 heteroatoms. The summed E-state index contributed by atoms with van der Waals surface area (Å²) in [7, 11) is 0. The largest absolute Gasteiger partial charge is 0.375 e. The van der Waals surface area contributed by atoms with Crippen molar-refractivity contribution in [1.29, 1.82) is 0 Å². The van der Waals surface area contributed by atoms with Crippen LogP contribution in [-0.4, -0.2) is 44.7 Å². The van der Waals surface area contributed by atoms with Crippen molar-refractivity contribution in [3.05, 3.63) is 47.5 Å². The van der Waals surface area contributed by atoms with Crippen LogP contribution in [0.4, 0.5) is 0 Å². The van der Waals surface area contributed by atoms with Crippen LogP contribution in [0.1, 0.15) is 25.0 Å². The fraction of sp³-hybridized carbons (Fsp3) is 0.450. The number of nitrogens with zero attached hydrogens (tertiary/aromatic N) is 4. The highest BCUT2D eigenvalue weighted by molar-refractivity contribution is 6.30. The molecule has 0 bridgehead atoms. The molecular weight excluding hydrogens is 362 g/mol. The van der Waals surface area contributed by atoms with E-state index in [4.69, 9.17) is 21.3 Å². The molecule has 2 fully saturated rings. The van der Waals surface area contributed by atoms with Gasteiger partial charge >= 0.3 is 0 Å². The Morgan fingerprint density at radius 1 is 1.22 bits per heavy atom. The second-order valence-electron chi connectivity index (χ2n) is 7.62. The van der Waals surface area contributed by atoms with Crippen LogP contribution in [0.5, 0.6) is 0 Å². The van der Waals surface area contributed by atoms with Crippen LogP contribution in [-0.2, 0) is 11.2 Å². The van der Waals surface area contributed by atoms with Crippen molar-refractivity contribution < 1.29 is 4.74 Å². The van der Waals surface area contributed by atoms with Crippen molar-refractivity contribution in [2.24, 2.45) is 5.92 Å². The van der Waals surface area contributed by atoms with Gasteiger partial charge in [-0.25, -0.2) is 9.97 Å². The van der Waals surface area contributed by atoms with Gasteiger partial charge in [-0.3, -0.25) is 9.38 Å². The molecule has 5 rings (SSSR count). The molecule has 2 aliphatic rings. The summed E-state index contributed by atoms with van der Waals surface area (Å²) in [5.74, 6) is 1.16. The summed E-state index contributed by atoms with van der Waals surface area (Å²) < 4.78 is 8.12. The van der Waals surface area contributed by atoms with Gasteiger partial charge in [0, 0.05) is 11.9 Å². The molecule has 3 aromatic heterocycles. The third-order valence-corrected chi connectivity index (χ3v) is 5.90. The van der Waals surface area contributed by atoms with E-state index < -0.39 is 0 Å². The summed E-state index contributed by atoms with van der Waals surface area (Å²) in [6, 6.07) is 6.17. The lowest BCUT2D eigenvalue weighted by atomic mass is 9.85. The van der Waals surface area contributed by atoms with Crippen LogP contribution in [0.15, 0.2) is 36.8 Å². The molecule has 1 N–H and O–H groups in total. The fourth-order valence-corrected chi connectivity index (χ4v) is 4.52. The zero-order chi connectivity index (χ0) is 18.3. The molecule has 6 nitrogen and oxygen atoms in total. The number of halogens is 1. The first-order chi connectivity index (χ1) is 13.2. The Bertz CT molecular complexity index is 966. The van der Waals surface area contributed by atoms with E-state index in [-0.39, 0.29) is 5.60 Å². The van der Waals surface area contributed by atoms with Crippen LogP contribution in [0, 0.1) is 5.92 Å². The number of hydrogen-bond acceptors (Lipinski definition) is 5. The highest BCUT2D eigenvalue weighted by Crippen LogP contribution is 2.38. The molecule has 2 aliphatic heterocycles. The van der Waals surface area contributed by atoms with Crippen molar-refractivity contribution in [2.75, 3.05) is 19.7 Å². The predicted molar refractivity (Wildman–Crippen MR) is 104 cm³/mol. The number of rotatable bonds is 3. The normalized spacial score (nSPS) is 21.9. The monoisotopic (exact) mass is 383 g/mol. The number of fused-ring (bicyclic) bond motifs is 1. The van der Waals surface area contributed by atoms with E-state index >= 15 is 0 Å². The van der Waals surface area contributed by atoms with Gasteiger partial charge in [-0.05, 0) is 56.8 Å². The molecule has 140 valence electrons. The number of nitrogens with one attached hydrogen (secondary N) is 1. The topological polar surface area (TPSA) is 64.3 Å². The average molecular weight is 384 g/mol. The first kappa shape index (κ1) is 17.1. The summed E-state index contributed by atoms with van der Waals surface area (Å²) in [5.41, 5.74) is 2.98. The fourth-order valence-electron chi connectivity index (χ4n) is 4.37. The summed E-state index contributed by atoms with van der Waals surface area (Å²) in [5, 5.41) is 4.00. The van der Waals surface area contributed by atoms with Gasteiger partial charge in [0.2, 0.25) is 5.78 Å². The molecule has 27 heavy (non-hydrogen) atoms. The van der Waals surface area contributed by atoms with Crippen LogP contribution in [0.3, 0.4) is 0 Å². The second-order valence-corrected chi connectivity index (χ2v) is 8.05. The van der Waals surface area contributed by atoms with E-state index in [1.54, 1.807) is 12.4 Å². The van der Waals surface area contributed by atoms with Gasteiger partial charge in [0.1, 0.15) is 0 Å². The highest BCUT2D eigenvalue weighted by atomic mass is 35.5. The van der Waals surface area contributed by atoms with Gasteiger partial charge < -0.3 is 10.1 Å². The van der Waals surface area contributed by atoms with Gasteiger partial charge in [-0.2, -0.15) is 0 Å². The van der Waals surface area contributed by atoms with E-state index in [2.05, 4.69) is 27.4 Å². The van der Waals surface area contributed by atoms with Crippen molar-refractivity contribution in [2.45, 2.75) is 31.3 Å². The van der Waals surface area contributed by atoms with E-state index in [1.165, 1.54) is 0 Å². The molecule has 0 aliphatic carbocycles. The van der Waals surface area contributed by atoms with Crippen LogP contribution in [0.25, 0.3) is 17.2 Å². The van der Waals surface area contributed by atoms with Gasteiger partial charge in [0.15, 0.2) is 0 Å². The molecule has 0 aromatic carbocycles. The lowest BCUT2D eigenvalue weighted by molar-refractivity contribution is -0.0196. The number of ether oxygens (including phenoxy) is 1. The Morgan fingerprint density at radius 3 is 2.96 bits per heavy atom. The highest BCUT2D eigenvalue weighted by Gasteiger charge is 2.41. The Morgan fingerprint density at radius 2 is 2.07 bits per heavy atom. The van der Waals surface area contributed by atoms with Crippen LogP contribution in [0.2, 0.25) is 5.02 Å². The molecule has 1 spiro atoms. The van der Waals surface area contributed by atoms with Gasteiger partial charge in [-0.15, -0.1) is 0 Å². The van der Waals surface area contributed by atoms with E-state index in [1.807, 2.05) is 16.7 Å². The summed E-state index contributed by atoms with van der Waals surface area (Å²) in [6.07, 6.45) is 9.54. The van der Waals surface area contributed by atoms with Crippen LogP contribution >= 0.6 is 11.6 Å². The number of piperidine rings is 1. The molecule has 3 aromatic rings. The third-order valence-electron chi connectivity index (χ3n) is 5.70. The third kappa shape index (κ3) is 3.33. The van der Waals surface area contributed by atoms with E-state index in [0.717, 1.165) is 62.5 Å². The Hall–Kier alpha value is -2.02. The zero-order valence-electron chi connectivity index (χ0n) is 15.1. The van der Waals surface area contributed by atoms with Crippen LogP contribution < -0.4 is 5.32 Å². The van der Waals surface area contributed by atoms with Gasteiger partial charge in [0.25, 0.3) is 0 Å². The standard InChI is InChI=1S/C20H22ClN5O/c21-15-10-23-19-24-11-18(26(19)12-15)17-3-1-2-16(25-17)8-14-9-20(27-13-14)4-6-22-7-5-20/h1-3,10-12,14,22H,4-9,13H2. The predicted octanol–water partition coefficient (Wildman–Crippen LogP) is 3.15. The maximum atomic E-state index is 6.23. The summed E-state index contributed by atoms with van der Waals surface area (Å²) in [6.45, 7) is 2.96. The number of hydrogen-bond donors (Lipinski definition) is 1. The molecule has 0 saturated carbocycles. The Labute approximate surface area is 163 Å². The maximum Gasteiger partial charge on any atom is 0.234 e. The minimum Gasteiger partial charge on any atom is -0.375 e. The average Bonchev–Trinajstić information content (AvgIpc) is 3.27. The maximum absolute atomic E-state index is 6.23. The first-order valence-electron chi connectivity index (χ1n) is 9.50. The molecule has 5 heterocycles. The Balaban J connectivity index is 1.37. The van der Waals surface area contributed by atoms with E-state index in [0.29, 0.717) is 16.7 Å². The lowest BCUT2D eigenvalue weighted by Crippen LogP contribution is -2.41. The van der Waals surface area contributed by atoms with Gasteiger partial charge in [-0.1, -0.05) is 17.7 Å². The summed E-state index contributed by atoms with van der Waals surface area (Å²) in [4.78, 5) is 13.5. The minimum absolute atomic E-state index is 0.0948. The first-order valence-corrected chi connectivity index (χ1v) is 9.88. The van der Waals surface area contributed by atoms with Crippen molar-refractivity contribution >= 4 is 17.4 Å². The summed E-state index contributed by atoms with van der Waals surface area (Å²) >= 11 is 6.10. The van der Waals surface area contributed by atoms with Crippen molar-refractivity contribution in [1.82, 2.24) is 24.7 Å². The number of imidazole rings is 1. The van der Waals surface area contributed by atoms with Crippen molar-refractivity contribution in [3.8, 4) is 11.4 Å². The van der Waals surface area contributed by atoms with Crippen molar-refractivity contribution in [3.63, 3.8) is 0 Å². The SMILES string of the molecule is Clc1cnc2ncc(-c3cccc(CC4COC5(CCNCC5)C4)n3)n2c1. The molecule has 1 atom stereocenters. The molecular formula is C20H22ClN5O. The smallest absolute Gasteiger partial charge is 0.234 e. The molecule has 2 saturated heterocycles. The second kappa shape index (κ2) is 6.86. The Kier molecular flexibility index (Phi) is 4.34. The van der Waals surface area contributed by atoms with E-state index in [9.17, 15) is 0 Å². The minimum atomic E-state index is 0.0948. The molecule has 0 amide bonds. The molecule has 0 radical (unpaired) electrons. The quantitative estimate of drug-likeness (QED) is 0.752. The lowest BCUT2D eigenvalue weighted by Gasteiger charge is -2.33. The number of pyridine rings is 1.